The van der Waals surface area contributed by atoms with Crippen LogP contribution in [0.5, 0.6) is 0 Å². The Kier molecular flexibility index (Phi) is 3.96. The lowest BCUT2D eigenvalue weighted by Gasteiger charge is -2.23. The molecule has 7 nitrogen and oxygen atoms in total. The van der Waals surface area contributed by atoms with Crippen LogP contribution in [0.15, 0.2) is 12.5 Å². The topological polar surface area (TPSA) is 98.7 Å². The first kappa shape index (κ1) is 13.7. The van der Waals surface area contributed by atoms with Crippen molar-refractivity contribution in [1.29, 1.82) is 0 Å². The summed E-state index contributed by atoms with van der Waals surface area (Å²) in [4.78, 5) is 19.5. The number of hydrogen-bond acceptors (Lipinski definition) is 5. The van der Waals surface area contributed by atoms with Crippen LogP contribution in [0, 0.1) is 0 Å². The third kappa shape index (κ3) is 2.39. The number of nitrogens with two attached hydrogens (primary N) is 1. The molecule has 2 aromatic rings. The second kappa shape index (κ2) is 5.50. The van der Waals surface area contributed by atoms with Gasteiger partial charge in [-0.15, -0.1) is 12.4 Å². The maximum absolute atomic E-state index is 11.4. The molecule has 0 spiro atoms. The van der Waals surface area contributed by atoms with Gasteiger partial charge in [-0.2, -0.15) is 5.10 Å². The van der Waals surface area contributed by atoms with Gasteiger partial charge in [0.2, 0.25) is 0 Å². The number of primary amides is 1. The second-order valence-corrected chi connectivity index (χ2v) is 4.42. The SMILES string of the molecule is Cl.NC(=O)c1nn(C2CCCNC2)c2ncncc12. The summed E-state index contributed by atoms with van der Waals surface area (Å²) in [5, 5.41) is 8.25. The van der Waals surface area contributed by atoms with Crippen molar-refractivity contribution in [2.75, 3.05) is 13.1 Å². The lowest BCUT2D eigenvalue weighted by Crippen LogP contribution is -2.32. The van der Waals surface area contributed by atoms with E-state index in [1.54, 1.807) is 10.9 Å². The van der Waals surface area contributed by atoms with Crippen molar-refractivity contribution in [3.63, 3.8) is 0 Å². The lowest BCUT2D eigenvalue weighted by atomic mass is 10.1. The van der Waals surface area contributed by atoms with E-state index in [9.17, 15) is 4.79 Å². The Morgan fingerprint density at radius 3 is 3.05 bits per heavy atom. The van der Waals surface area contributed by atoms with Crippen molar-refractivity contribution in [2.45, 2.75) is 18.9 Å². The molecule has 1 amide bonds. The smallest absolute Gasteiger partial charge is 0.269 e. The molecule has 8 heteroatoms. The number of carbonyl (C=O) groups is 1. The maximum atomic E-state index is 11.4. The summed E-state index contributed by atoms with van der Waals surface area (Å²) < 4.78 is 1.79. The van der Waals surface area contributed by atoms with E-state index in [1.165, 1.54) is 6.33 Å². The summed E-state index contributed by atoms with van der Waals surface area (Å²) in [5.74, 6) is -0.544. The Morgan fingerprint density at radius 1 is 1.53 bits per heavy atom. The van der Waals surface area contributed by atoms with Gasteiger partial charge in [0.25, 0.3) is 5.91 Å². The highest BCUT2D eigenvalue weighted by Gasteiger charge is 2.22. The van der Waals surface area contributed by atoms with Gasteiger partial charge in [-0.3, -0.25) is 4.79 Å². The molecule has 1 atom stereocenters. The van der Waals surface area contributed by atoms with Crippen molar-refractivity contribution in [1.82, 2.24) is 25.1 Å². The fourth-order valence-corrected chi connectivity index (χ4v) is 2.36. The Hall–Kier alpha value is -1.73. The number of fused-ring (bicyclic) bond motifs is 1. The first-order valence-electron chi connectivity index (χ1n) is 5.96. The zero-order chi connectivity index (χ0) is 12.5. The molecule has 1 saturated heterocycles. The van der Waals surface area contributed by atoms with Gasteiger partial charge in [-0.05, 0) is 19.4 Å². The summed E-state index contributed by atoms with van der Waals surface area (Å²) in [6, 6.07) is 0.212. The van der Waals surface area contributed by atoms with E-state index < -0.39 is 5.91 Å². The average Bonchev–Trinajstić information content (AvgIpc) is 2.79. The quantitative estimate of drug-likeness (QED) is 0.824. The molecule has 3 N–H and O–H groups in total. The summed E-state index contributed by atoms with van der Waals surface area (Å²) in [7, 11) is 0. The van der Waals surface area contributed by atoms with Crippen LogP contribution >= 0.6 is 12.4 Å². The van der Waals surface area contributed by atoms with Gasteiger partial charge in [0.15, 0.2) is 11.3 Å². The highest BCUT2D eigenvalue weighted by molar-refractivity contribution is 6.02. The predicted molar refractivity (Wildman–Crippen MR) is 72.2 cm³/mol. The minimum absolute atomic E-state index is 0. The molecule has 102 valence electrons. The molecule has 3 rings (SSSR count). The maximum Gasteiger partial charge on any atom is 0.269 e. The molecule has 0 radical (unpaired) electrons. The van der Waals surface area contributed by atoms with Crippen LogP contribution in [0.25, 0.3) is 11.0 Å². The molecule has 1 aliphatic heterocycles. The average molecular weight is 283 g/mol. The number of nitrogens with zero attached hydrogens (tertiary/aromatic N) is 4. The van der Waals surface area contributed by atoms with Gasteiger partial charge in [0.05, 0.1) is 11.4 Å². The number of nitrogens with one attached hydrogen (secondary N) is 1. The minimum atomic E-state index is -0.544. The standard InChI is InChI=1S/C11H14N6O.ClH/c12-10(18)9-8-5-14-6-15-11(8)17(16-9)7-2-1-3-13-4-7;/h5-7,13H,1-4H2,(H2,12,18);1H. The lowest BCUT2D eigenvalue weighted by molar-refractivity contribution is 0.0995. The number of piperidine rings is 1. The van der Waals surface area contributed by atoms with Gasteiger partial charge in [-0.1, -0.05) is 0 Å². The van der Waals surface area contributed by atoms with Crippen LogP contribution in [0.2, 0.25) is 0 Å². The number of aromatic nitrogens is 4. The van der Waals surface area contributed by atoms with Crippen molar-refractivity contribution in [3.05, 3.63) is 18.2 Å². The van der Waals surface area contributed by atoms with Gasteiger partial charge in [0, 0.05) is 12.7 Å². The van der Waals surface area contributed by atoms with Crippen LogP contribution in [-0.2, 0) is 0 Å². The highest BCUT2D eigenvalue weighted by Crippen LogP contribution is 2.22. The van der Waals surface area contributed by atoms with E-state index in [1.807, 2.05) is 0 Å². The van der Waals surface area contributed by atoms with E-state index >= 15 is 0 Å². The van der Waals surface area contributed by atoms with Gasteiger partial charge >= 0.3 is 0 Å². The van der Waals surface area contributed by atoms with E-state index in [0.29, 0.717) is 11.0 Å². The molecule has 0 bridgehead atoms. The second-order valence-electron chi connectivity index (χ2n) is 4.42. The Balaban J connectivity index is 0.00000133. The van der Waals surface area contributed by atoms with E-state index in [0.717, 1.165) is 25.9 Å². The predicted octanol–water partition coefficient (Wildman–Crippen LogP) is 0.271. The molecule has 0 aliphatic carbocycles. The van der Waals surface area contributed by atoms with Crippen molar-refractivity contribution < 1.29 is 4.79 Å². The fourth-order valence-electron chi connectivity index (χ4n) is 2.36. The number of halogens is 1. The Bertz CT molecular complexity index is 592. The molecular weight excluding hydrogens is 268 g/mol. The van der Waals surface area contributed by atoms with Gasteiger partial charge < -0.3 is 11.1 Å². The highest BCUT2D eigenvalue weighted by atomic mass is 35.5. The molecule has 1 unspecified atom stereocenters. The van der Waals surface area contributed by atoms with Crippen LogP contribution in [-0.4, -0.2) is 38.7 Å². The third-order valence-electron chi connectivity index (χ3n) is 3.22. The first-order chi connectivity index (χ1) is 8.77. The normalized spacial score (nSPS) is 19.1. The Labute approximate surface area is 116 Å². The monoisotopic (exact) mass is 282 g/mol. The Morgan fingerprint density at radius 2 is 2.37 bits per heavy atom. The molecule has 0 saturated carbocycles. The van der Waals surface area contributed by atoms with Crippen molar-refractivity contribution in [3.8, 4) is 0 Å². The van der Waals surface area contributed by atoms with Crippen LogP contribution < -0.4 is 11.1 Å². The number of amides is 1. The van der Waals surface area contributed by atoms with Crippen LogP contribution in [0.1, 0.15) is 29.4 Å². The third-order valence-corrected chi connectivity index (χ3v) is 3.22. The molecular formula is C11H15ClN6O. The molecule has 1 aliphatic rings. The molecule has 2 aromatic heterocycles. The van der Waals surface area contributed by atoms with Crippen molar-refractivity contribution >= 4 is 29.3 Å². The van der Waals surface area contributed by atoms with E-state index in [-0.39, 0.29) is 24.1 Å². The zero-order valence-corrected chi connectivity index (χ0v) is 11.1. The van der Waals surface area contributed by atoms with E-state index in [4.69, 9.17) is 5.73 Å². The van der Waals surface area contributed by atoms with Gasteiger partial charge in [0.1, 0.15) is 6.33 Å². The molecule has 19 heavy (non-hydrogen) atoms. The minimum Gasteiger partial charge on any atom is -0.364 e. The van der Waals surface area contributed by atoms with Gasteiger partial charge in [-0.25, -0.2) is 14.6 Å². The molecule has 0 aromatic carbocycles. The van der Waals surface area contributed by atoms with Crippen molar-refractivity contribution in [2.24, 2.45) is 5.73 Å². The number of rotatable bonds is 2. The van der Waals surface area contributed by atoms with E-state index in [2.05, 4.69) is 20.4 Å². The summed E-state index contributed by atoms with van der Waals surface area (Å²) in [6.07, 6.45) is 5.15. The summed E-state index contributed by atoms with van der Waals surface area (Å²) >= 11 is 0. The summed E-state index contributed by atoms with van der Waals surface area (Å²) in [6.45, 7) is 1.85. The molecule has 3 heterocycles. The summed E-state index contributed by atoms with van der Waals surface area (Å²) in [5.41, 5.74) is 6.26. The van der Waals surface area contributed by atoms with Crippen LogP contribution in [0.3, 0.4) is 0 Å². The zero-order valence-electron chi connectivity index (χ0n) is 10.2. The molecule has 1 fully saturated rings. The number of hydrogen-bond donors (Lipinski definition) is 2. The number of carbonyl (C=O) groups excluding carboxylic acids is 1. The first-order valence-corrected chi connectivity index (χ1v) is 5.96. The van der Waals surface area contributed by atoms with Crippen LogP contribution in [0.4, 0.5) is 0 Å². The fraction of sp³-hybridized carbons (Fsp3) is 0.455. The largest absolute Gasteiger partial charge is 0.364 e.